The first-order valence-corrected chi connectivity index (χ1v) is 7.50. The Morgan fingerprint density at radius 1 is 1.52 bits per heavy atom. The van der Waals surface area contributed by atoms with Crippen molar-refractivity contribution in [3.8, 4) is 0 Å². The van der Waals surface area contributed by atoms with Crippen molar-refractivity contribution >= 4 is 5.65 Å². The van der Waals surface area contributed by atoms with Gasteiger partial charge in [0.1, 0.15) is 5.65 Å². The van der Waals surface area contributed by atoms with E-state index in [1.807, 2.05) is 19.1 Å². The van der Waals surface area contributed by atoms with Crippen LogP contribution in [0.5, 0.6) is 0 Å². The first-order chi connectivity index (χ1) is 10.0. The van der Waals surface area contributed by atoms with Gasteiger partial charge in [-0.1, -0.05) is 6.07 Å². The number of nitrogens with two attached hydrogens (primary N) is 1. The topological polar surface area (TPSA) is 63.6 Å². The molecule has 0 aromatic carbocycles. The SMILES string of the molecule is Cc1cccn2c(=O)cc(CN3CCC(C(C)N)C3)nc12. The van der Waals surface area contributed by atoms with Crippen LogP contribution in [0.1, 0.15) is 24.6 Å². The van der Waals surface area contributed by atoms with E-state index in [4.69, 9.17) is 5.73 Å². The summed E-state index contributed by atoms with van der Waals surface area (Å²) >= 11 is 0. The van der Waals surface area contributed by atoms with Gasteiger partial charge in [0, 0.05) is 31.4 Å². The Morgan fingerprint density at radius 2 is 2.33 bits per heavy atom. The monoisotopic (exact) mass is 286 g/mol. The molecule has 0 amide bonds. The second-order valence-corrected chi connectivity index (χ2v) is 6.11. The minimum Gasteiger partial charge on any atom is -0.328 e. The van der Waals surface area contributed by atoms with Crippen LogP contribution >= 0.6 is 0 Å². The summed E-state index contributed by atoms with van der Waals surface area (Å²) in [6, 6.07) is 5.73. The molecular weight excluding hydrogens is 264 g/mol. The van der Waals surface area contributed by atoms with E-state index in [-0.39, 0.29) is 11.6 Å². The number of fused-ring (bicyclic) bond motifs is 1. The molecule has 0 bridgehead atoms. The van der Waals surface area contributed by atoms with Crippen molar-refractivity contribution in [1.82, 2.24) is 14.3 Å². The molecule has 1 aliphatic heterocycles. The third-order valence-electron chi connectivity index (χ3n) is 4.38. The van der Waals surface area contributed by atoms with Gasteiger partial charge < -0.3 is 5.73 Å². The maximum Gasteiger partial charge on any atom is 0.258 e. The number of nitrogens with zero attached hydrogens (tertiary/aromatic N) is 3. The molecule has 3 rings (SSSR count). The fraction of sp³-hybridized carbons (Fsp3) is 0.500. The highest BCUT2D eigenvalue weighted by Crippen LogP contribution is 2.20. The Bertz CT molecular complexity index is 707. The minimum atomic E-state index is -0.0124. The number of pyridine rings is 1. The zero-order chi connectivity index (χ0) is 15.0. The lowest BCUT2D eigenvalue weighted by molar-refractivity contribution is 0.305. The minimum absolute atomic E-state index is 0.0124. The summed E-state index contributed by atoms with van der Waals surface area (Å²) in [6.07, 6.45) is 2.90. The fourth-order valence-electron chi connectivity index (χ4n) is 3.05. The summed E-state index contributed by atoms with van der Waals surface area (Å²) in [5.74, 6) is 0.549. The van der Waals surface area contributed by atoms with E-state index in [2.05, 4.69) is 16.8 Å². The van der Waals surface area contributed by atoms with Gasteiger partial charge in [0.2, 0.25) is 0 Å². The Hall–Kier alpha value is -1.72. The van der Waals surface area contributed by atoms with Crippen LogP contribution in [0.2, 0.25) is 0 Å². The van der Waals surface area contributed by atoms with Gasteiger partial charge in [0.15, 0.2) is 0 Å². The lowest BCUT2D eigenvalue weighted by Gasteiger charge is -2.17. The lowest BCUT2D eigenvalue weighted by Crippen LogP contribution is -2.30. The molecule has 5 nitrogen and oxygen atoms in total. The highest BCUT2D eigenvalue weighted by molar-refractivity contribution is 5.46. The van der Waals surface area contributed by atoms with Crippen LogP contribution in [0.3, 0.4) is 0 Å². The molecule has 2 aromatic heterocycles. The van der Waals surface area contributed by atoms with Gasteiger partial charge in [-0.25, -0.2) is 4.98 Å². The number of hydrogen-bond acceptors (Lipinski definition) is 4. The highest BCUT2D eigenvalue weighted by Gasteiger charge is 2.25. The Balaban J connectivity index is 1.85. The molecule has 1 aliphatic rings. The van der Waals surface area contributed by atoms with E-state index in [9.17, 15) is 4.79 Å². The zero-order valence-electron chi connectivity index (χ0n) is 12.6. The fourth-order valence-corrected chi connectivity index (χ4v) is 3.05. The second-order valence-electron chi connectivity index (χ2n) is 6.11. The van der Waals surface area contributed by atoms with Crippen molar-refractivity contribution in [1.29, 1.82) is 0 Å². The van der Waals surface area contributed by atoms with E-state index >= 15 is 0 Å². The second kappa shape index (κ2) is 5.58. The van der Waals surface area contributed by atoms with Gasteiger partial charge in [-0.3, -0.25) is 14.1 Å². The number of likely N-dealkylation sites (tertiary alicyclic amines) is 1. The molecule has 0 saturated carbocycles. The van der Waals surface area contributed by atoms with Crippen molar-refractivity contribution in [2.75, 3.05) is 13.1 Å². The predicted octanol–water partition coefficient (Wildman–Crippen LogP) is 1.17. The van der Waals surface area contributed by atoms with Gasteiger partial charge in [0.05, 0.1) is 5.69 Å². The largest absolute Gasteiger partial charge is 0.328 e. The summed E-state index contributed by atoms with van der Waals surface area (Å²) in [7, 11) is 0. The molecule has 1 fully saturated rings. The maximum absolute atomic E-state index is 12.2. The van der Waals surface area contributed by atoms with Crippen molar-refractivity contribution in [2.24, 2.45) is 11.7 Å². The summed E-state index contributed by atoms with van der Waals surface area (Å²) in [6.45, 7) is 6.79. The number of hydrogen-bond donors (Lipinski definition) is 1. The third kappa shape index (κ3) is 2.84. The van der Waals surface area contributed by atoms with E-state index in [0.29, 0.717) is 5.92 Å². The lowest BCUT2D eigenvalue weighted by atomic mass is 10.0. The highest BCUT2D eigenvalue weighted by atomic mass is 16.1. The molecule has 2 unspecified atom stereocenters. The zero-order valence-corrected chi connectivity index (χ0v) is 12.6. The third-order valence-corrected chi connectivity index (χ3v) is 4.38. The van der Waals surface area contributed by atoms with Crippen LogP contribution in [0.4, 0.5) is 0 Å². The average Bonchev–Trinajstić information content (AvgIpc) is 2.89. The van der Waals surface area contributed by atoms with E-state index in [0.717, 1.165) is 43.0 Å². The number of aryl methyl sites for hydroxylation is 1. The standard InChI is InChI=1S/C16H22N4O/c1-11-4-3-6-20-15(21)8-14(18-16(11)20)10-19-7-5-13(9-19)12(2)17/h3-4,6,8,12-13H,5,7,9-10,17H2,1-2H3. The molecule has 0 spiro atoms. The molecule has 5 heteroatoms. The van der Waals surface area contributed by atoms with Crippen molar-refractivity contribution in [3.05, 3.63) is 46.0 Å². The van der Waals surface area contributed by atoms with Gasteiger partial charge in [0.25, 0.3) is 5.56 Å². The van der Waals surface area contributed by atoms with E-state index in [1.165, 1.54) is 0 Å². The van der Waals surface area contributed by atoms with Gasteiger partial charge in [-0.05, 0) is 44.4 Å². The molecule has 0 radical (unpaired) electrons. The molecule has 2 N–H and O–H groups in total. The summed E-state index contributed by atoms with van der Waals surface area (Å²) in [5, 5.41) is 0. The van der Waals surface area contributed by atoms with Gasteiger partial charge in [-0.2, -0.15) is 0 Å². The van der Waals surface area contributed by atoms with E-state index in [1.54, 1.807) is 16.7 Å². The van der Waals surface area contributed by atoms with Crippen LogP contribution < -0.4 is 11.3 Å². The van der Waals surface area contributed by atoms with Crippen molar-refractivity contribution in [3.63, 3.8) is 0 Å². The van der Waals surface area contributed by atoms with Crippen LogP contribution in [0.15, 0.2) is 29.2 Å². The number of rotatable bonds is 3. The first kappa shape index (κ1) is 14.2. The van der Waals surface area contributed by atoms with Gasteiger partial charge >= 0.3 is 0 Å². The van der Waals surface area contributed by atoms with Crippen LogP contribution in [0.25, 0.3) is 5.65 Å². The Morgan fingerprint density at radius 3 is 3.05 bits per heavy atom. The number of aromatic nitrogens is 2. The molecule has 112 valence electrons. The van der Waals surface area contributed by atoms with Crippen molar-refractivity contribution in [2.45, 2.75) is 32.9 Å². The molecule has 1 saturated heterocycles. The van der Waals surface area contributed by atoms with Crippen LogP contribution in [-0.4, -0.2) is 33.4 Å². The summed E-state index contributed by atoms with van der Waals surface area (Å²) in [5.41, 5.74) is 8.58. The first-order valence-electron chi connectivity index (χ1n) is 7.50. The maximum atomic E-state index is 12.2. The predicted molar refractivity (Wildman–Crippen MR) is 83.2 cm³/mol. The summed E-state index contributed by atoms with van der Waals surface area (Å²) in [4.78, 5) is 19.2. The molecule has 0 aliphatic carbocycles. The Labute approximate surface area is 124 Å². The van der Waals surface area contributed by atoms with Crippen LogP contribution in [-0.2, 0) is 6.54 Å². The summed E-state index contributed by atoms with van der Waals surface area (Å²) < 4.78 is 1.60. The molecule has 2 aromatic rings. The molecule has 3 heterocycles. The van der Waals surface area contributed by atoms with Crippen molar-refractivity contribution < 1.29 is 0 Å². The van der Waals surface area contributed by atoms with Gasteiger partial charge in [-0.15, -0.1) is 0 Å². The van der Waals surface area contributed by atoms with Crippen LogP contribution in [0, 0.1) is 12.8 Å². The molecular formula is C16H22N4O. The smallest absolute Gasteiger partial charge is 0.258 e. The Kier molecular flexibility index (Phi) is 3.78. The molecule has 21 heavy (non-hydrogen) atoms. The quantitative estimate of drug-likeness (QED) is 0.920. The molecule has 2 atom stereocenters. The average molecular weight is 286 g/mol. The normalized spacial score (nSPS) is 21.0. The van der Waals surface area contributed by atoms with E-state index < -0.39 is 0 Å².